The van der Waals surface area contributed by atoms with Crippen molar-refractivity contribution < 1.29 is 4.79 Å². The molecule has 0 aliphatic heterocycles. The molecule has 0 bridgehead atoms. The van der Waals surface area contributed by atoms with Crippen LogP contribution in [0.25, 0.3) is 0 Å². The molecule has 1 aromatic carbocycles. The Balaban J connectivity index is 2.05. The van der Waals surface area contributed by atoms with E-state index in [1.807, 2.05) is 37.3 Å². The molecule has 4 heteroatoms. The molecule has 1 aromatic heterocycles. The van der Waals surface area contributed by atoms with Gasteiger partial charge in [0.2, 0.25) is 0 Å². The number of benzene rings is 1. The van der Waals surface area contributed by atoms with Crippen LogP contribution >= 0.6 is 0 Å². The summed E-state index contributed by atoms with van der Waals surface area (Å²) >= 11 is 0. The third-order valence-electron chi connectivity index (χ3n) is 3.12. The summed E-state index contributed by atoms with van der Waals surface area (Å²) in [6, 6.07) is 11.5. The fraction of sp³-hybridized carbons (Fsp3) is 0.294. The van der Waals surface area contributed by atoms with E-state index in [9.17, 15) is 4.79 Å². The average Bonchev–Trinajstić information content (AvgIpc) is 2.50. The number of hydrogen-bond donors (Lipinski definition) is 2. The molecule has 0 saturated carbocycles. The average molecular weight is 283 g/mol. The summed E-state index contributed by atoms with van der Waals surface area (Å²) in [7, 11) is 0. The number of aromatic nitrogens is 1. The lowest BCUT2D eigenvalue weighted by Crippen LogP contribution is -2.14. The van der Waals surface area contributed by atoms with Crippen LogP contribution < -0.4 is 10.6 Å². The largest absolute Gasteiger partial charge is 0.385 e. The first kappa shape index (κ1) is 15.0. The van der Waals surface area contributed by atoms with Crippen LogP contribution in [0.1, 0.15) is 36.3 Å². The Morgan fingerprint density at radius 3 is 2.52 bits per heavy atom. The smallest absolute Gasteiger partial charge is 0.274 e. The van der Waals surface area contributed by atoms with Crippen molar-refractivity contribution in [1.82, 2.24) is 4.98 Å². The normalized spacial score (nSPS) is 10.2. The van der Waals surface area contributed by atoms with Gasteiger partial charge < -0.3 is 10.6 Å². The maximum Gasteiger partial charge on any atom is 0.274 e. The van der Waals surface area contributed by atoms with E-state index in [2.05, 4.69) is 22.5 Å². The topological polar surface area (TPSA) is 54.0 Å². The standard InChI is InChI=1S/C17H21N3O/c1-3-5-13-6-8-14(9-7-13)20-17(21)16-12-15(18-4-2)10-11-19-16/h6-12H,3-5H2,1-2H3,(H,18,19)(H,20,21). The number of aryl methyl sites for hydroxylation is 1. The monoisotopic (exact) mass is 283 g/mol. The highest BCUT2D eigenvalue weighted by Crippen LogP contribution is 2.13. The fourth-order valence-corrected chi connectivity index (χ4v) is 2.11. The van der Waals surface area contributed by atoms with Gasteiger partial charge in [-0.3, -0.25) is 9.78 Å². The summed E-state index contributed by atoms with van der Waals surface area (Å²) in [5.74, 6) is -0.196. The number of amides is 1. The number of rotatable bonds is 6. The number of pyridine rings is 1. The molecule has 4 nitrogen and oxygen atoms in total. The van der Waals surface area contributed by atoms with Gasteiger partial charge in [0.05, 0.1) is 0 Å². The zero-order chi connectivity index (χ0) is 15.1. The Morgan fingerprint density at radius 1 is 1.10 bits per heavy atom. The van der Waals surface area contributed by atoms with Gasteiger partial charge in [0, 0.05) is 24.1 Å². The second-order valence-electron chi connectivity index (χ2n) is 4.86. The third-order valence-corrected chi connectivity index (χ3v) is 3.12. The first-order chi connectivity index (χ1) is 10.2. The quantitative estimate of drug-likeness (QED) is 0.849. The summed E-state index contributed by atoms with van der Waals surface area (Å²) < 4.78 is 0. The highest BCUT2D eigenvalue weighted by molar-refractivity contribution is 6.03. The van der Waals surface area contributed by atoms with Crippen LogP contribution in [0.4, 0.5) is 11.4 Å². The van der Waals surface area contributed by atoms with Gasteiger partial charge in [-0.2, -0.15) is 0 Å². The van der Waals surface area contributed by atoms with Gasteiger partial charge in [0.25, 0.3) is 5.91 Å². The second kappa shape index (κ2) is 7.43. The van der Waals surface area contributed by atoms with E-state index in [1.165, 1.54) is 5.56 Å². The van der Waals surface area contributed by atoms with Crippen molar-refractivity contribution in [2.24, 2.45) is 0 Å². The summed E-state index contributed by atoms with van der Waals surface area (Å²) in [4.78, 5) is 16.3. The van der Waals surface area contributed by atoms with Crippen molar-refractivity contribution in [3.63, 3.8) is 0 Å². The molecule has 2 aromatic rings. The van der Waals surface area contributed by atoms with Gasteiger partial charge in [0.1, 0.15) is 5.69 Å². The fourth-order valence-electron chi connectivity index (χ4n) is 2.11. The van der Waals surface area contributed by atoms with Crippen molar-refractivity contribution in [1.29, 1.82) is 0 Å². The molecule has 0 unspecified atom stereocenters. The van der Waals surface area contributed by atoms with Gasteiger partial charge in [-0.25, -0.2) is 0 Å². The molecule has 1 heterocycles. The van der Waals surface area contributed by atoms with Crippen LogP contribution in [-0.2, 0) is 6.42 Å². The lowest BCUT2D eigenvalue weighted by molar-refractivity contribution is 0.102. The lowest BCUT2D eigenvalue weighted by atomic mass is 10.1. The molecule has 2 N–H and O–H groups in total. The van der Waals surface area contributed by atoms with Crippen LogP contribution in [0, 0.1) is 0 Å². The molecule has 0 saturated heterocycles. The molecule has 0 aliphatic carbocycles. The van der Waals surface area contributed by atoms with E-state index in [4.69, 9.17) is 0 Å². The van der Waals surface area contributed by atoms with E-state index >= 15 is 0 Å². The minimum absolute atomic E-state index is 0.196. The Labute approximate surface area is 125 Å². The molecule has 2 rings (SSSR count). The van der Waals surface area contributed by atoms with Gasteiger partial charge in [0.15, 0.2) is 0 Å². The number of hydrogen-bond acceptors (Lipinski definition) is 3. The first-order valence-electron chi connectivity index (χ1n) is 7.33. The third kappa shape index (κ3) is 4.31. The molecular weight excluding hydrogens is 262 g/mol. The predicted octanol–water partition coefficient (Wildman–Crippen LogP) is 3.72. The van der Waals surface area contributed by atoms with E-state index in [0.29, 0.717) is 5.69 Å². The molecule has 0 spiro atoms. The molecule has 0 aliphatic rings. The lowest BCUT2D eigenvalue weighted by Gasteiger charge is -2.08. The van der Waals surface area contributed by atoms with Gasteiger partial charge in [-0.15, -0.1) is 0 Å². The summed E-state index contributed by atoms with van der Waals surface area (Å²) in [6.45, 7) is 4.97. The molecule has 21 heavy (non-hydrogen) atoms. The molecular formula is C17H21N3O. The number of anilines is 2. The summed E-state index contributed by atoms with van der Waals surface area (Å²) in [5, 5.41) is 6.04. The molecule has 1 amide bonds. The number of carbonyl (C=O) groups is 1. The summed E-state index contributed by atoms with van der Waals surface area (Å²) in [5.41, 5.74) is 3.38. The Morgan fingerprint density at radius 2 is 1.86 bits per heavy atom. The highest BCUT2D eigenvalue weighted by atomic mass is 16.1. The molecule has 0 atom stereocenters. The first-order valence-corrected chi connectivity index (χ1v) is 7.33. The van der Waals surface area contributed by atoms with Crippen LogP contribution in [-0.4, -0.2) is 17.4 Å². The maximum atomic E-state index is 12.2. The predicted molar refractivity (Wildman–Crippen MR) is 86.8 cm³/mol. The molecule has 0 fully saturated rings. The number of nitrogens with zero attached hydrogens (tertiary/aromatic N) is 1. The second-order valence-corrected chi connectivity index (χ2v) is 4.86. The van der Waals surface area contributed by atoms with Crippen LogP contribution in [0.15, 0.2) is 42.6 Å². The van der Waals surface area contributed by atoms with E-state index in [-0.39, 0.29) is 5.91 Å². The van der Waals surface area contributed by atoms with E-state index in [0.717, 1.165) is 30.8 Å². The number of carbonyl (C=O) groups excluding carboxylic acids is 1. The maximum absolute atomic E-state index is 12.2. The molecule has 0 radical (unpaired) electrons. The Bertz CT molecular complexity index is 593. The van der Waals surface area contributed by atoms with E-state index < -0.39 is 0 Å². The zero-order valence-corrected chi connectivity index (χ0v) is 12.5. The van der Waals surface area contributed by atoms with Crippen molar-refractivity contribution in [3.8, 4) is 0 Å². The van der Waals surface area contributed by atoms with Crippen LogP contribution in [0.5, 0.6) is 0 Å². The summed E-state index contributed by atoms with van der Waals surface area (Å²) in [6.07, 6.45) is 3.81. The Hall–Kier alpha value is -2.36. The van der Waals surface area contributed by atoms with Crippen molar-refractivity contribution in [2.75, 3.05) is 17.2 Å². The number of nitrogens with one attached hydrogen (secondary N) is 2. The zero-order valence-electron chi connectivity index (χ0n) is 12.5. The van der Waals surface area contributed by atoms with Crippen LogP contribution in [0.2, 0.25) is 0 Å². The van der Waals surface area contributed by atoms with Gasteiger partial charge in [-0.05, 0) is 43.2 Å². The van der Waals surface area contributed by atoms with Crippen molar-refractivity contribution >= 4 is 17.3 Å². The van der Waals surface area contributed by atoms with Gasteiger partial charge in [-0.1, -0.05) is 25.5 Å². The van der Waals surface area contributed by atoms with Crippen molar-refractivity contribution in [2.45, 2.75) is 26.7 Å². The van der Waals surface area contributed by atoms with Crippen LogP contribution in [0.3, 0.4) is 0 Å². The molecule has 110 valence electrons. The Kier molecular flexibility index (Phi) is 5.32. The van der Waals surface area contributed by atoms with Gasteiger partial charge >= 0.3 is 0 Å². The highest BCUT2D eigenvalue weighted by Gasteiger charge is 2.08. The van der Waals surface area contributed by atoms with Crippen molar-refractivity contribution in [3.05, 3.63) is 53.9 Å². The minimum Gasteiger partial charge on any atom is -0.385 e. The minimum atomic E-state index is -0.196. The van der Waals surface area contributed by atoms with E-state index in [1.54, 1.807) is 12.3 Å². The SMILES string of the molecule is CCCc1ccc(NC(=O)c2cc(NCC)ccn2)cc1.